The summed E-state index contributed by atoms with van der Waals surface area (Å²) in [6.45, 7) is -1.31. The highest BCUT2D eigenvalue weighted by Crippen LogP contribution is 2.50. The van der Waals surface area contributed by atoms with E-state index in [2.05, 4.69) is 0 Å². The standard InChI is InChI=1S/C14H9F3O2S/c15-14(16,17)8-18-10-5-3-6-11-13(10)20-12-7-2-1-4-9(12)19-11/h1-7H,8H2. The van der Waals surface area contributed by atoms with E-state index in [0.717, 1.165) is 4.90 Å². The number of rotatable bonds is 2. The maximum absolute atomic E-state index is 12.2. The van der Waals surface area contributed by atoms with Crippen LogP contribution in [-0.4, -0.2) is 12.8 Å². The van der Waals surface area contributed by atoms with E-state index in [9.17, 15) is 13.2 Å². The van der Waals surface area contributed by atoms with E-state index in [1.54, 1.807) is 12.1 Å². The van der Waals surface area contributed by atoms with Gasteiger partial charge in [-0.15, -0.1) is 0 Å². The van der Waals surface area contributed by atoms with Crippen LogP contribution < -0.4 is 9.47 Å². The zero-order valence-corrected chi connectivity index (χ0v) is 10.9. The molecule has 1 heterocycles. The Labute approximate surface area is 117 Å². The second-order valence-corrected chi connectivity index (χ2v) is 5.19. The van der Waals surface area contributed by atoms with Gasteiger partial charge in [-0.1, -0.05) is 30.0 Å². The summed E-state index contributed by atoms with van der Waals surface area (Å²) < 4.78 is 47.3. The zero-order valence-electron chi connectivity index (χ0n) is 10.1. The van der Waals surface area contributed by atoms with Gasteiger partial charge in [0, 0.05) is 0 Å². The molecule has 0 aliphatic carbocycles. The molecule has 2 aromatic carbocycles. The van der Waals surface area contributed by atoms with Gasteiger partial charge in [0.15, 0.2) is 6.61 Å². The second-order valence-electron chi connectivity index (χ2n) is 4.14. The van der Waals surface area contributed by atoms with Crippen LogP contribution in [0.1, 0.15) is 0 Å². The van der Waals surface area contributed by atoms with E-state index in [1.807, 2.05) is 24.3 Å². The molecular weight excluding hydrogens is 289 g/mol. The molecule has 0 N–H and O–H groups in total. The number of ether oxygens (including phenoxy) is 2. The molecule has 0 radical (unpaired) electrons. The number of benzene rings is 2. The fourth-order valence-corrected chi connectivity index (χ4v) is 2.81. The van der Waals surface area contributed by atoms with Crippen LogP contribution >= 0.6 is 11.8 Å². The van der Waals surface area contributed by atoms with Gasteiger partial charge in [-0.3, -0.25) is 0 Å². The summed E-state index contributed by atoms with van der Waals surface area (Å²) >= 11 is 1.34. The van der Waals surface area contributed by atoms with Crippen LogP contribution in [0.25, 0.3) is 0 Å². The van der Waals surface area contributed by atoms with Crippen molar-refractivity contribution in [2.45, 2.75) is 16.0 Å². The minimum Gasteiger partial charge on any atom is -0.483 e. The van der Waals surface area contributed by atoms with Crippen molar-refractivity contribution in [1.82, 2.24) is 0 Å². The average molecular weight is 298 g/mol. The largest absolute Gasteiger partial charge is 0.483 e. The first-order valence-electron chi connectivity index (χ1n) is 5.80. The molecule has 104 valence electrons. The molecule has 0 bridgehead atoms. The summed E-state index contributed by atoms with van der Waals surface area (Å²) in [7, 11) is 0. The molecule has 3 rings (SSSR count). The SMILES string of the molecule is FC(F)(F)COc1cccc2c1Sc1ccccc1O2. The fourth-order valence-electron chi connectivity index (χ4n) is 1.80. The molecule has 1 aliphatic rings. The summed E-state index contributed by atoms with van der Waals surface area (Å²) in [6, 6.07) is 12.2. The molecular formula is C14H9F3O2S. The van der Waals surface area contributed by atoms with Crippen LogP contribution in [0.15, 0.2) is 52.3 Å². The quantitative estimate of drug-likeness (QED) is 0.671. The van der Waals surface area contributed by atoms with Crippen LogP contribution in [0.5, 0.6) is 17.2 Å². The number of para-hydroxylation sites is 1. The van der Waals surface area contributed by atoms with E-state index < -0.39 is 12.8 Å². The van der Waals surface area contributed by atoms with Crippen molar-refractivity contribution in [2.24, 2.45) is 0 Å². The van der Waals surface area contributed by atoms with Gasteiger partial charge in [-0.2, -0.15) is 13.2 Å². The molecule has 0 spiro atoms. The summed E-state index contributed by atoms with van der Waals surface area (Å²) in [4.78, 5) is 1.42. The van der Waals surface area contributed by atoms with Crippen molar-refractivity contribution in [3.8, 4) is 17.2 Å². The zero-order chi connectivity index (χ0) is 14.2. The van der Waals surface area contributed by atoms with Gasteiger partial charge in [0.2, 0.25) is 0 Å². The molecule has 20 heavy (non-hydrogen) atoms. The van der Waals surface area contributed by atoms with Gasteiger partial charge >= 0.3 is 6.18 Å². The Kier molecular flexibility index (Phi) is 3.25. The Morgan fingerprint density at radius 1 is 1.00 bits per heavy atom. The number of hydrogen-bond donors (Lipinski definition) is 0. The van der Waals surface area contributed by atoms with Crippen LogP contribution in [0.2, 0.25) is 0 Å². The normalized spacial score (nSPS) is 13.2. The minimum atomic E-state index is -4.36. The Morgan fingerprint density at radius 3 is 2.55 bits per heavy atom. The second kappa shape index (κ2) is 4.94. The van der Waals surface area contributed by atoms with Crippen LogP contribution in [0, 0.1) is 0 Å². The van der Waals surface area contributed by atoms with Gasteiger partial charge in [-0.25, -0.2) is 0 Å². The lowest BCUT2D eigenvalue weighted by molar-refractivity contribution is -0.153. The monoisotopic (exact) mass is 298 g/mol. The molecule has 0 saturated carbocycles. The Bertz CT molecular complexity index is 641. The molecule has 1 aliphatic heterocycles. The molecule has 0 aromatic heterocycles. The van der Waals surface area contributed by atoms with Crippen LogP contribution in [-0.2, 0) is 0 Å². The molecule has 0 unspecified atom stereocenters. The predicted molar refractivity (Wildman–Crippen MR) is 68.6 cm³/mol. The topological polar surface area (TPSA) is 18.5 Å². The molecule has 6 heteroatoms. The highest BCUT2D eigenvalue weighted by molar-refractivity contribution is 7.99. The van der Waals surface area contributed by atoms with E-state index in [4.69, 9.17) is 9.47 Å². The lowest BCUT2D eigenvalue weighted by atomic mass is 10.3. The Morgan fingerprint density at radius 2 is 1.75 bits per heavy atom. The van der Waals surface area contributed by atoms with Crippen molar-refractivity contribution in [3.63, 3.8) is 0 Å². The molecule has 0 fully saturated rings. The van der Waals surface area contributed by atoms with E-state index in [0.29, 0.717) is 16.4 Å². The highest BCUT2D eigenvalue weighted by atomic mass is 32.2. The molecule has 2 nitrogen and oxygen atoms in total. The molecule has 0 amide bonds. The van der Waals surface area contributed by atoms with Crippen LogP contribution in [0.4, 0.5) is 13.2 Å². The number of halogens is 3. The van der Waals surface area contributed by atoms with Gasteiger partial charge in [0.1, 0.15) is 17.2 Å². The van der Waals surface area contributed by atoms with Crippen molar-refractivity contribution in [1.29, 1.82) is 0 Å². The number of fused-ring (bicyclic) bond motifs is 2. The van der Waals surface area contributed by atoms with E-state index >= 15 is 0 Å². The molecule has 0 saturated heterocycles. The maximum Gasteiger partial charge on any atom is 0.422 e. The highest BCUT2D eigenvalue weighted by Gasteiger charge is 2.30. The van der Waals surface area contributed by atoms with Gasteiger partial charge in [0.05, 0.1) is 9.79 Å². The first-order valence-corrected chi connectivity index (χ1v) is 6.62. The van der Waals surface area contributed by atoms with Gasteiger partial charge in [0.25, 0.3) is 0 Å². The van der Waals surface area contributed by atoms with Crippen molar-refractivity contribution in [2.75, 3.05) is 6.61 Å². The third kappa shape index (κ3) is 2.70. The van der Waals surface area contributed by atoms with E-state index in [1.165, 1.54) is 17.8 Å². The molecule has 2 aromatic rings. The summed E-state index contributed by atoms with van der Waals surface area (Å²) in [5.41, 5.74) is 0. The van der Waals surface area contributed by atoms with E-state index in [-0.39, 0.29) is 5.75 Å². The first-order chi connectivity index (χ1) is 9.53. The third-order valence-electron chi connectivity index (χ3n) is 2.62. The van der Waals surface area contributed by atoms with Crippen molar-refractivity contribution >= 4 is 11.8 Å². The summed E-state index contributed by atoms with van der Waals surface area (Å²) in [5.74, 6) is 1.38. The summed E-state index contributed by atoms with van der Waals surface area (Å²) in [5, 5.41) is 0. The lowest BCUT2D eigenvalue weighted by Crippen LogP contribution is -2.19. The van der Waals surface area contributed by atoms with Gasteiger partial charge in [-0.05, 0) is 24.3 Å². The third-order valence-corrected chi connectivity index (χ3v) is 3.78. The fraction of sp³-hybridized carbons (Fsp3) is 0.143. The van der Waals surface area contributed by atoms with Gasteiger partial charge < -0.3 is 9.47 Å². The van der Waals surface area contributed by atoms with Crippen LogP contribution in [0.3, 0.4) is 0 Å². The smallest absolute Gasteiger partial charge is 0.422 e. The van der Waals surface area contributed by atoms with Crippen molar-refractivity contribution in [3.05, 3.63) is 42.5 Å². The summed E-state index contributed by atoms with van der Waals surface area (Å²) in [6.07, 6.45) is -4.36. The lowest BCUT2D eigenvalue weighted by Gasteiger charge is -2.21. The number of hydrogen-bond acceptors (Lipinski definition) is 3. The average Bonchev–Trinajstić information content (AvgIpc) is 2.42. The maximum atomic E-state index is 12.2. The number of alkyl halides is 3. The predicted octanol–water partition coefficient (Wildman–Crippen LogP) is 4.88. The first kappa shape index (κ1) is 13.2. The minimum absolute atomic E-state index is 0.180. The molecule has 0 atom stereocenters. The Hall–Kier alpha value is -1.82. The van der Waals surface area contributed by atoms with Crippen molar-refractivity contribution < 1.29 is 22.6 Å². The Balaban J connectivity index is 1.90.